The summed E-state index contributed by atoms with van der Waals surface area (Å²) in [6, 6.07) is 9.10. The van der Waals surface area contributed by atoms with Crippen LogP contribution < -0.4 is 11.3 Å². The Bertz CT molecular complexity index is 691. The number of thiocarbonyl (C=S) groups is 1. The Morgan fingerprint density at radius 3 is 2.74 bits per heavy atom. The molecule has 1 heterocycles. The summed E-state index contributed by atoms with van der Waals surface area (Å²) >= 11 is 4.95. The van der Waals surface area contributed by atoms with Crippen LogP contribution in [-0.4, -0.2) is 14.5 Å². The van der Waals surface area contributed by atoms with Crippen LogP contribution in [0.1, 0.15) is 22.6 Å². The zero-order valence-corrected chi connectivity index (χ0v) is 11.7. The maximum Gasteiger partial charge on any atom is 0.254 e. The van der Waals surface area contributed by atoms with E-state index in [1.807, 2.05) is 38.1 Å². The van der Waals surface area contributed by atoms with Crippen LogP contribution in [0.15, 0.2) is 35.1 Å². The number of nitrogens with zero attached hydrogens (tertiary/aromatic N) is 2. The first-order valence-electron chi connectivity index (χ1n) is 5.91. The fourth-order valence-corrected chi connectivity index (χ4v) is 2.09. The van der Waals surface area contributed by atoms with Gasteiger partial charge in [-0.3, -0.25) is 9.36 Å². The van der Waals surface area contributed by atoms with Crippen molar-refractivity contribution in [3.63, 3.8) is 0 Å². The van der Waals surface area contributed by atoms with Crippen LogP contribution in [0.2, 0.25) is 0 Å². The average Bonchev–Trinajstić information content (AvgIpc) is 2.34. The van der Waals surface area contributed by atoms with Gasteiger partial charge in [-0.2, -0.15) is 0 Å². The van der Waals surface area contributed by atoms with Crippen molar-refractivity contribution < 1.29 is 0 Å². The van der Waals surface area contributed by atoms with Gasteiger partial charge in [0.15, 0.2) is 0 Å². The molecule has 98 valence electrons. The molecule has 0 amide bonds. The molecular formula is C14H15N3OS. The van der Waals surface area contributed by atoms with E-state index in [2.05, 4.69) is 4.98 Å². The molecule has 0 aliphatic heterocycles. The lowest BCUT2D eigenvalue weighted by molar-refractivity contribution is 0.694. The third-order valence-electron chi connectivity index (χ3n) is 2.88. The number of hydrogen-bond acceptors (Lipinski definition) is 3. The molecule has 19 heavy (non-hydrogen) atoms. The molecule has 4 nitrogen and oxygen atoms in total. The monoisotopic (exact) mass is 273 g/mol. The van der Waals surface area contributed by atoms with Gasteiger partial charge in [0.1, 0.15) is 10.8 Å². The van der Waals surface area contributed by atoms with Gasteiger partial charge in [0.2, 0.25) is 0 Å². The first-order chi connectivity index (χ1) is 8.97. The normalized spacial score (nSPS) is 10.4. The van der Waals surface area contributed by atoms with Gasteiger partial charge >= 0.3 is 0 Å². The first-order valence-corrected chi connectivity index (χ1v) is 6.32. The van der Waals surface area contributed by atoms with Gasteiger partial charge in [0.05, 0.1) is 6.54 Å². The highest BCUT2D eigenvalue weighted by Gasteiger charge is 2.05. The quantitative estimate of drug-likeness (QED) is 0.862. The van der Waals surface area contributed by atoms with Gasteiger partial charge in [-0.25, -0.2) is 4.98 Å². The van der Waals surface area contributed by atoms with Crippen LogP contribution in [0.4, 0.5) is 0 Å². The largest absolute Gasteiger partial charge is 0.389 e. The zero-order chi connectivity index (χ0) is 14.0. The molecule has 2 aromatic rings. The molecule has 0 bridgehead atoms. The lowest BCUT2D eigenvalue weighted by atomic mass is 10.1. The van der Waals surface area contributed by atoms with E-state index in [0.717, 1.165) is 16.8 Å². The molecule has 0 aliphatic rings. The Kier molecular flexibility index (Phi) is 3.76. The molecule has 0 spiro atoms. The number of hydrogen-bond donors (Lipinski definition) is 1. The van der Waals surface area contributed by atoms with Crippen LogP contribution in [-0.2, 0) is 6.54 Å². The van der Waals surface area contributed by atoms with Crippen molar-refractivity contribution in [2.24, 2.45) is 5.73 Å². The van der Waals surface area contributed by atoms with Gasteiger partial charge in [0, 0.05) is 17.3 Å². The topological polar surface area (TPSA) is 60.9 Å². The van der Waals surface area contributed by atoms with Gasteiger partial charge in [-0.1, -0.05) is 30.4 Å². The summed E-state index contributed by atoms with van der Waals surface area (Å²) in [5.74, 6) is 0.700. The van der Waals surface area contributed by atoms with E-state index < -0.39 is 0 Å². The molecule has 2 N–H and O–H groups in total. The number of aryl methyl sites for hydroxylation is 2. The van der Waals surface area contributed by atoms with Gasteiger partial charge in [-0.05, 0) is 25.5 Å². The van der Waals surface area contributed by atoms with Crippen molar-refractivity contribution in [1.29, 1.82) is 0 Å². The second-order valence-electron chi connectivity index (χ2n) is 4.43. The zero-order valence-electron chi connectivity index (χ0n) is 10.9. The minimum atomic E-state index is -0.0503. The number of nitrogens with two attached hydrogens (primary N) is 1. The third kappa shape index (κ3) is 3.06. The van der Waals surface area contributed by atoms with E-state index in [-0.39, 0.29) is 5.56 Å². The lowest BCUT2D eigenvalue weighted by Gasteiger charge is -2.10. The fourth-order valence-electron chi connectivity index (χ4n) is 1.96. The van der Waals surface area contributed by atoms with Crippen LogP contribution >= 0.6 is 12.2 Å². The Morgan fingerprint density at radius 1 is 1.37 bits per heavy atom. The van der Waals surface area contributed by atoms with E-state index in [4.69, 9.17) is 18.0 Å². The Labute approximate surface area is 116 Å². The van der Waals surface area contributed by atoms with Gasteiger partial charge in [0.25, 0.3) is 5.56 Å². The van der Waals surface area contributed by atoms with E-state index in [1.165, 1.54) is 6.07 Å². The van der Waals surface area contributed by atoms with E-state index in [1.54, 1.807) is 4.57 Å². The summed E-state index contributed by atoms with van der Waals surface area (Å²) in [5, 5.41) is 0. The molecule has 0 atom stereocenters. The summed E-state index contributed by atoms with van der Waals surface area (Å²) in [6.07, 6.45) is 0. The summed E-state index contributed by atoms with van der Waals surface area (Å²) in [4.78, 5) is 16.6. The third-order valence-corrected chi connectivity index (χ3v) is 3.12. The van der Waals surface area contributed by atoms with Crippen molar-refractivity contribution in [3.8, 4) is 0 Å². The van der Waals surface area contributed by atoms with Gasteiger partial charge < -0.3 is 5.73 Å². The van der Waals surface area contributed by atoms with E-state index in [9.17, 15) is 4.79 Å². The highest BCUT2D eigenvalue weighted by Crippen LogP contribution is 2.07. The Balaban J connectivity index is 2.39. The minimum Gasteiger partial charge on any atom is -0.389 e. The Morgan fingerprint density at radius 2 is 2.11 bits per heavy atom. The van der Waals surface area contributed by atoms with Crippen LogP contribution in [0.3, 0.4) is 0 Å². The van der Waals surface area contributed by atoms with E-state index in [0.29, 0.717) is 17.4 Å². The maximum atomic E-state index is 12.0. The molecule has 2 rings (SSSR count). The summed E-state index contributed by atoms with van der Waals surface area (Å²) in [5.41, 5.74) is 8.07. The minimum absolute atomic E-state index is 0.0503. The predicted octanol–water partition coefficient (Wildman–Crippen LogP) is 1.54. The number of benzene rings is 1. The molecule has 0 radical (unpaired) electrons. The van der Waals surface area contributed by atoms with Gasteiger partial charge in [-0.15, -0.1) is 0 Å². The SMILES string of the molecule is Cc1cc(=O)n(Cc2cccc(C(N)=S)c2)c(C)n1. The highest BCUT2D eigenvalue weighted by molar-refractivity contribution is 7.80. The van der Waals surface area contributed by atoms with Crippen LogP contribution in [0.5, 0.6) is 0 Å². The van der Waals surface area contributed by atoms with Crippen LogP contribution in [0.25, 0.3) is 0 Å². The first kappa shape index (κ1) is 13.4. The fraction of sp³-hybridized carbons (Fsp3) is 0.214. The van der Waals surface area contributed by atoms with Crippen molar-refractivity contribution >= 4 is 17.2 Å². The molecule has 0 unspecified atom stereocenters. The standard InChI is InChI=1S/C14H15N3OS/c1-9-6-13(18)17(10(2)16-9)8-11-4-3-5-12(7-11)14(15)19/h3-7H,8H2,1-2H3,(H2,15,19). The van der Waals surface area contributed by atoms with Crippen molar-refractivity contribution in [1.82, 2.24) is 9.55 Å². The second-order valence-corrected chi connectivity index (χ2v) is 4.87. The smallest absolute Gasteiger partial charge is 0.254 e. The molecule has 1 aromatic heterocycles. The van der Waals surface area contributed by atoms with Crippen molar-refractivity contribution in [3.05, 3.63) is 63.3 Å². The molecule has 1 aromatic carbocycles. The Hall–Kier alpha value is -2.01. The molecule has 0 saturated carbocycles. The molecule has 0 saturated heterocycles. The summed E-state index contributed by atoms with van der Waals surface area (Å²) in [7, 11) is 0. The molecule has 0 fully saturated rings. The van der Waals surface area contributed by atoms with Crippen molar-refractivity contribution in [2.45, 2.75) is 20.4 Å². The molecule has 5 heteroatoms. The van der Waals surface area contributed by atoms with E-state index >= 15 is 0 Å². The van der Waals surface area contributed by atoms with Crippen molar-refractivity contribution in [2.75, 3.05) is 0 Å². The second kappa shape index (κ2) is 5.32. The van der Waals surface area contributed by atoms with Crippen LogP contribution in [0, 0.1) is 13.8 Å². The predicted molar refractivity (Wildman–Crippen MR) is 79.4 cm³/mol. The highest BCUT2D eigenvalue weighted by atomic mass is 32.1. The summed E-state index contributed by atoms with van der Waals surface area (Å²) < 4.78 is 1.63. The average molecular weight is 273 g/mol. The molecule has 0 aliphatic carbocycles. The maximum absolute atomic E-state index is 12.0. The molecular weight excluding hydrogens is 258 g/mol. The number of aromatic nitrogens is 2. The number of rotatable bonds is 3. The summed E-state index contributed by atoms with van der Waals surface area (Å²) in [6.45, 7) is 4.10. The lowest BCUT2D eigenvalue weighted by Crippen LogP contribution is -2.24.